The zero-order valence-electron chi connectivity index (χ0n) is 17.3. The number of nitrogens with one attached hydrogen (secondary N) is 2. The number of hydrogen-bond donors (Lipinski definition) is 2. The Kier molecular flexibility index (Phi) is 7.28. The minimum atomic E-state index is -3.89. The van der Waals surface area contributed by atoms with Crippen molar-refractivity contribution < 1.29 is 22.7 Å². The molecule has 1 amide bonds. The lowest BCUT2D eigenvalue weighted by Crippen LogP contribution is -2.27. The third-order valence-corrected chi connectivity index (χ3v) is 6.07. The van der Waals surface area contributed by atoms with Gasteiger partial charge in [0.2, 0.25) is 10.0 Å². The monoisotopic (exact) mass is 440 g/mol. The summed E-state index contributed by atoms with van der Waals surface area (Å²) in [5, 5.41) is 2.74. The Hall–Kier alpha value is -3.36. The van der Waals surface area contributed by atoms with Gasteiger partial charge < -0.3 is 14.8 Å². The molecule has 0 aliphatic heterocycles. The molecule has 0 radical (unpaired) electrons. The topological polar surface area (TPSA) is 93.7 Å². The first-order valence-corrected chi connectivity index (χ1v) is 11.1. The number of carbonyl (C=O) groups excluding carboxylic acids is 1. The third kappa shape index (κ3) is 5.84. The van der Waals surface area contributed by atoms with Crippen LogP contribution in [0.3, 0.4) is 0 Å². The van der Waals surface area contributed by atoms with Crippen LogP contribution in [0.4, 0.5) is 5.69 Å². The molecule has 3 aromatic rings. The predicted molar refractivity (Wildman–Crippen MR) is 119 cm³/mol. The average molecular weight is 441 g/mol. The molecule has 0 atom stereocenters. The second-order valence-electron chi connectivity index (χ2n) is 6.69. The molecule has 0 aliphatic rings. The van der Waals surface area contributed by atoms with Crippen molar-refractivity contribution in [1.82, 2.24) is 4.72 Å². The first-order valence-electron chi connectivity index (χ1n) is 9.60. The van der Waals surface area contributed by atoms with E-state index in [1.807, 2.05) is 30.3 Å². The summed E-state index contributed by atoms with van der Waals surface area (Å²) in [4.78, 5) is 12.6. The lowest BCUT2D eigenvalue weighted by Gasteiger charge is -2.13. The molecule has 0 unspecified atom stereocenters. The number of benzene rings is 3. The summed E-state index contributed by atoms with van der Waals surface area (Å²) in [6, 6.07) is 20.7. The van der Waals surface area contributed by atoms with Crippen molar-refractivity contribution >= 4 is 21.6 Å². The zero-order chi connectivity index (χ0) is 22.3. The van der Waals surface area contributed by atoms with Gasteiger partial charge >= 0.3 is 0 Å². The van der Waals surface area contributed by atoms with E-state index in [-0.39, 0.29) is 22.8 Å². The zero-order valence-corrected chi connectivity index (χ0v) is 18.1. The largest absolute Gasteiger partial charge is 0.497 e. The van der Waals surface area contributed by atoms with Gasteiger partial charge in [-0.3, -0.25) is 4.79 Å². The summed E-state index contributed by atoms with van der Waals surface area (Å²) in [5.74, 6) is 0.306. The standard InChI is InChI=1S/C23H24N2O5S/c1-29-20-10-6-9-19(16-20)25-23(26)18-11-12-21(30-2)22(15-18)31(27,28)24-14-13-17-7-4-3-5-8-17/h3-12,15-16,24H,13-14H2,1-2H3,(H,25,26). The minimum absolute atomic E-state index is 0.0960. The predicted octanol–water partition coefficient (Wildman–Crippen LogP) is 3.48. The van der Waals surface area contributed by atoms with Crippen molar-refractivity contribution in [3.05, 3.63) is 83.9 Å². The second-order valence-corrected chi connectivity index (χ2v) is 8.42. The van der Waals surface area contributed by atoms with Crippen molar-refractivity contribution in [2.75, 3.05) is 26.1 Å². The molecule has 0 heterocycles. The van der Waals surface area contributed by atoms with E-state index in [9.17, 15) is 13.2 Å². The van der Waals surface area contributed by atoms with Gasteiger partial charge in [-0.15, -0.1) is 0 Å². The Morgan fingerprint density at radius 2 is 1.68 bits per heavy atom. The number of anilines is 1. The van der Waals surface area contributed by atoms with E-state index >= 15 is 0 Å². The molecule has 0 aliphatic carbocycles. The molecule has 3 aromatic carbocycles. The number of rotatable bonds is 9. The van der Waals surface area contributed by atoms with Crippen molar-refractivity contribution in [1.29, 1.82) is 0 Å². The molecule has 0 fully saturated rings. The minimum Gasteiger partial charge on any atom is -0.497 e. The van der Waals surface area contributed by atoms with E-state index in [1.165, 1.54) is 32.4 Å². The van der Waals surface area contributed by atoms with Crippen LogP contribution in [0, 0.1) is 0 Å². The number of amides is 1. The summed E-state index contributed by atoms with van der Waals surface area (Å²) in [5.41, 5.74) is 1.74. The molecule has 3 rings (SSSR count). The van der Waals surface area contributed by atoms with E-state index in [0.717, 1.165) is 5.56 Å². The molecule has 2 N–H and O–H groups in total. The number of hydrogen-bond acceptors (Lipinski definition) is 5. The normalized spacial score (nSPS) is 11.0. The van der Waals surface area contributed by atoms with E-state index in [4.69, 9.17) is 9.47 Å². The summed E-state index contributed by atoms with van der Waals surface area (Å²) in [7, 11) is -0.970. The average Bonchev–Trinajstić information content (AvgIpc) is 2.79. The molecule has 0 aromatic heterocycles. The van der Waals surface area contributed by atoms with Crippen LogP contribution in [0.1, 0.15) is 15.9 Å². The molecule has 0 spiro atoms. The number of carbonyl (C=O) groups is 1. The van der Waals surface area contributed by atoms with Gasteiger partial charge in [0.05, 0.1) is 14.2 Å². The van der Waals surface area contributed by atoms with Crippen LogP contribution in [0.25, 0.3) is 0 Å². The van der Waals surface area contributed by atoms with Crippen LogP contribution in [0.15, 0.2) is 77.7 Å². The highest BCUT2D eigenvalue weighted by atomic mass is 32.2. The van der Waals surface area contributed by atoms with E-state index in [1.54, 1.807) is 24.3 Å². The Bertz CT molecular complexity index is 1150. The maximum absolute atomic E-state index is 12.9. The molecule has 0 bridgehead atoms. The van der Waals surface area contributed by atoms with Crippen LogP contribution in [0.5, 0.6) is 11.5 Å². The fourth-order valence-corrected chi connectivity index (χ4v) is 4.21. The summed E-state index contributed by atoms with van der Waals surface area (Å²) >= 11 is 0. The second kappa shape index (κ2) is 10.1. The van der Waals surface area contributed by atoms with Crippen LogP contribution < -0.4 is 19.5 Å². The Balaban J connectivity index is 1.77. The first-order chi connectivity index (χ1) is 14.9. The van der Waals surface area contributed by atoms with Gasteiger partial charge in [-0.05, 0) is 42.3 Å². The van der Waals surface area contributed by atoms with Crippen LogP contribution in [0.2, 0.25) is 0 Å². The quantitative estimate of drug-likeness (QED) is 0.531. The number of ether oxygens (including phenoxy) is 2. The molecule has 7 nitrogen and oxygen atoms in total. The van der Waals surface area contributed by atoms with Gasteiger partial charge in [-0.2, -0.15) is 0 Å². The van der Waals surface area contributed by atoms with Gasteiger partial charge in [0.15, 0.2) is 0 Å². The summed E-state index contributed by atoms with van der Waals surface area (Å²) in [6.45, 7) is 0.218. The lowest BCUT2D eigenvalue weighted by molar-refractivity contribution is 0.102. The summed E-state index contributed by atoms with van der Waals surface area (Å²) in [6.07, 6.45) is 0.540. The highest BCUT2D eigenvalue weighted by Crippen LogP contribution is 2.26. The highest BCUT2D eigenvalue weighted by Gasteiger charge is 2.21. The van der Waals surface area contributed by atoms with Crippen molar-refractivity contribution in [2.24, 2.45) is 0 Å². The van der Waals surface area contributed by atoms with Gasteiger partial charge in [-0.1, -0.05) is 36.4 Å². The van der Waals surface area contributed by atoms with Crippen molar-refractivity contribution in [3.63, 3.8) is 0 Å². The molecular weight excluding hydrogens is 416 g/mol. The van der Waals surface area contributed by atoms with Gasteiger partial charge in [0, 0.05) is 23.9 Å². The highest BCUT2D eigenvalue weighted by molar-refractivity contribution is 7.89. The third-order valence-electron chi connectivity index (χ3n) is 4.59. The molecule has 162 valence electrons. The smallest absolute Gasteiger partial charge is 0.255 e. The molecule has 8 heteroatoms. The van der Waals surface area contributed by atoms with Crippen LogP contribution >= 0.6 is 0 Å². The lowest BCUT2D eigenvalue weighted by atomic mass is 10.2. The van der Waals surface area contributed by atoms with Crippen molar-refractivity contribution in [2.45, 2.75) is 11.3 Å². The van der Waals surface area contributed by atoms with Crippen LogP contribution in [-0.2, 0) is 16.4 Å². The Labute approximate surface area is 182 Å². The molecular formula is C23H24N2O5S. The van der Waals surface area contributed by atoms with Gasteiger partial charge in [-0.25, -0.2) is 13.1 Å². The maximum Gasteiger partial charge on any atom is 0.255 e. The fourth-order valence-electron chi connectivity index (χ4n) is 2.98. The number of sulfonamides is 1. The Morgan fingerprint density at radius 1 is 0.903 bits per heavy atom. The Morgan fingerprint density at radius 3 is 2.39 bits per heavy atom. The maximum atomic E-state index is 12.9. The van der Waals surface area contributed by atoms with Crippen LogP contribution in [-0.4, -0.2) is 35.1 Å². The van der Waals surface area contributed by atoms with E-state index < -0.39 is 15.9 Å². The van der Waals surface area contributed by atoms with Crippen molar-refractivity contribution in [3.8, 4) is 11.5 Å². The summed E-state index contributed by atoms with van der Waals surface area (Å²) < 4.78 is 38.7. The fraction of sp³-hybridized carbons (Fsp3) is 0.174. The van der Waals surface area contributed by atoms with Gasteiger partial charge in [0.25, 0.3) is 5.91 Å². The SMILES string of the molecule is COc1cccc(NC(=O)c2ccc(OC)c(S(=O)(=O)NCCc3ccccc3)c2)c1. The van der Waals surface area contributed by atoms with E-state index in [0.29, 0.717) is 17.9 Å². The first kappa shape index (κ1) is 22.3. The van der Waals surface area contributed by atoms with Gasteiger partial charge in [0.1, 0.15) is 16.4 Å². The molecule has 0 saturated heterocycles. The molecule has 0 saturated carbocycles. The van der Waals surface area contributed by atoms with E-state index in [2.05, 4.69) is 10.0 Å². The number of methoxy groups -OCH3 is 2. The molecule has 31 heavy (non-hydrogen) atoms.